The minimum atomic E-state index is -0.495. The van der Waals surface area contributed by atoms with E-state index >= 15 is 0 Å². The molecule has 0 aliphatic rings. The summed E-state index contributed by atoms with van der Waals surface area (Å²) < 4.78 is 21.0. The van der Waals surface area contributed by atoms with E-state index in [0.717, 1.165) is 5.56 Å². The van der Waals surface area contributed by atoms with Gasteiger partial charge >= 0.3 is 5.63 Å². The third-order valence-corrected chi connectivity index (χ3v) is 3.69. The van der Waals surface area contributed by atoms with E-state index in [9.17, 15) is 4.79 Å². The molecule has 0 bridgehead atoms. The molecule has 128 valence electrons. The van der Waals surface area contributed by atoms with Crippen molar-refractivity contribution >= 4 is 23.1 Å². The van der Waals surface area contributed by atoms with Gasteiger partial charge in [0.15, 0.2) is 11.5 Å². The van der Waals surface area contributed by atoms with E-state index in [4.69, 9.17) is 18.6 Å². The summed E-state index contributed by atoms with van der Waals surface area (Å²) >= 11 is 0. The summed E-state index contributed by atoms with van der Waals surface area (Å²) in [7, 11) is 4.63. The molecule has 0 fully saturated rings. The standard InChI is InChI=1S/C19H17NO5/c1-22-15-7-5-4-6-12(15)8-9-18-20-14-11-17(24-3)16(23-2)10-13(14)19(21)25-18/h4-11H,1-3H3. The first-order valence-electron chi connectivity index (χ1n) is 7.54. The lowest BCUT2D eigenvalue weighted by atomic mass is 10.2. The second-order valence-electron chi connectivity index (χ2n) is 5.14. The van der Waals surface area contributed by atoms with Gasteiger partial charge in [0.25, 0.3) is 0 Å². The van der Waals surface area contributed by atoms with E-state index < -0.39 is 5.63 Å². The van der Waals surface area contributed by atoms with Crippen LogP contribution in [0.2, 0.25) is 0 Å². The highest BCUT2D eigenvalue weighted by molar-refractivity contribution is 5.82. The fourth-order valence-electron chi connectivity index (χ4n) is 2.45. The van der Waals surface area contributed by atoms with Crippen LogP contribution in [-0.4, -0.2) is 26.3 Å². The molecule has 0 radical (unpaired) electrons. The van der Waals surface area contributed by atoms with E-state index in [1.165, 1.54) is 14.2 Å². The Morgan fingerprint density at radius 2 is 1.60 bits per heavy atom. The second kappa shape index (κ2) is 7.09. The number of aromatic nitrogens is 1. The molecular formula is C19H17NO5. The Bertz CT molecular complexity index is 991. The molecule has 0 saturated heterocycles. The molecule has 6 heteroatoms. The number of para-hydroxylation sites is 1. The summed E-state index contributed by atoms with van der Waals surface area (Å²) in [4.78, 5) is 16.6. The number of hydrogen-bond donors (Lipinski definition) is 0. The molecule has 0 unspecified atom stereocenters. The SMILES string of the molecule is COc1ccccc1C=Cc1nc2cc(OC)c(OC)cc2c(=O)o1. The molecule has 0 amide bonds. The summed E-state index contributed by atoms with van der Waals surface area (Å²) in [6.45, 7) is 0. The van der Waals surface area contributed by atoms with Crippen LogP contribution in [0.15, 0.2) is 45.6 Å². The Hall–Kier alpha value is -3.28. The zero-order valence-electron chi connectivity index (χ0n) is 14.1. The topological polar surface area (TPSA) is 70.8 Å². The predicted octanol–water partition coefficient (Wildman–Crippen LogP) is 3.38. The summed E-state index contributed by atoms with van der Waals surface area (Å²) in [5.41, 5.74) is 0.820. The van der Waals surface area contributed by atoms with Crippen molar-refractivity contribution in [3.8, 4) is 17.2 Å². The first kappa shape index (κ1) is 16.6. The van der Waals surface area contributed by atoms with Gasteiger partial charge in [0, 0.05) is 23.8 Å². The molecular weight excluding hydrogens is 322 g/mol. The number of hydrogen-bond acceptors (Lipinski definition) is 6. The van der Waals surface area contributed by atoms with Crippen molar-refractivity contribution in [2.45, 2.75) is 0 Å². The normalized spacial score (nSPS) is 11.0. The Morgan fingerprint density at radius 3 is 2.32 bits per heavy atom. The van der Waals surface area contributed by atoms with Gasteiger partial charge in [-0.3, -0.25) is 0 Å². The van der Waals surface area contributed by atoms with Crippen LogP contribution in [0.5, 0.6) is 17.2 Å². The minimum absolute atomic E-state index is 0.190. The van der Waals surface area contributed by atoms with Gasteiger partial charge in [0.05, 0.1) is 32.2 Å². The predicted molar refractivity (Wildman–Crippen MR) is 95.3 cm³/mol. The number of methoxy groups -OCH3 is 3. The largest absolute Gasteiger partial charge is 0.496 e. The zero-order chi connectivity index (χ0) is 17.8. The molecule has 3 rings (SSSR count). The van der Waals surface area contributed by atoms with E-state index in [1.807, 2.05) is 24.3 Å². The van der Waals surface area contributed by atoms with Crippen molar-refractivity contribution in [3.05, 3.63) is 58.3 Å². The maximum absolute atomic E-state index is 12.2. The average molecular weight is 339 g/mol. The van der Waals surface area contributed by atoms with Crippen LogP contribution in [0.4, 0.5) is 0 Å². The third kappa shape index (κ3) is 3.33. The van der Waals surface area contributed by atoms with Crippen LogP contribution in [0.25, 0.3) is 23.1 Å². The average Bonchev–Trinajstić information content (AvgIpc) is 2.65. The smallest absolute Gasteiger partial charge is 0.347 e. The molecule has 0 saturated carbocycles. The fourth-order valence-corrected chi connectivity index (χ4v) is 2.45. The van der Waals surface area contributed by atoms with Crippen molar-refractivity contribution in [1.82, 2.24) is 4.98 Å². The monoisotopic (exact) mass is 339 g/mol. The number of rotatable bonds is 5. The zero-order valence-corrected chi connectivity index (χ0v) is 14.1. The van der Waals surface area contributed by atoms with E-state index in [-0.39, 0.29) is 5.89 Å². The molecule has 0 aliphatic carbocycles. The van der Waals surface area contributed by atoms with Gasteiger partial charge in [0.1, 0.15) is 5.75 Å². The summed E-state index contributed by atoms with van der Waals surface area (Å²) in [6, 6.07) is 10.7. The van der Waals surface area contributed by atoms with E-state index in [2.05, 4.69) is 4.98 Å². The summed E-state index contributed by atoms with van der Waals surface area (Å²) in [5, 5.41) is 0.326. The first-order chi connectivity index (χ1) is 12.2. The highest BCUT2D eigenvalue weighted by Crippen LogP contribution is 2.30. The van der Waals surface area contributed by atoms with Crippen molar-refractivity contribution in [2.24, 2.45) is 0 Å². The summed E-state index contributed by atoms with van der Waals surface area (Å²) in [6.07, 6.45) is 3.39. The number of ether oxygens (including phenoxy) is 3. The quantitative estimate of drug-likeness (QED) is 0.710. The van der Waals surface area contributed by atoms with Crippen LogP contribution < -0.4 is 19.8 Å². The second-order valence-corrected chi connectivity index (χ2v) is 5.14. The van der Waals surface area contributed by atoms with Gasteiger partial charge < -0.3 is 18.6 Å². The van der Waals surface area contributed by atoms with Crippen molar-refractivity contribution in [1.29, 1.82) is 0 Å². The molecule has 0 spiro atoms. The molecule has 2 aromatic carbocycles. The molecule has 25 heavy (non-hydrogen) atoms. The number of benzene rings is 2. The van der Waals surface area contributed by atoms with Crippen molar-refractivity contribution < 1.29 is 18.6 Å². The highest BCUT2D eigenvalue weighted by atomic mass is 16.5. The lowest BCUT2D eigenvalue weighted by Crippen LogP contribution is -2.04. The number of fused-ring (bicyclic) bond motifs is 1. The molecule has 6 nitrogen and oxygen atoms in total. The maximum atomic E-state index is 12.2. The highest BCUT2D eigenvalue weighted by Gasteiger charge is 2.11. The van der Waals surface area contributed by atoms with Crippen molar-refractivity contribution in [3.63, 3.8) is 0 Å². The molecule has 0 atom stereocenters. The molecule has 1 aromatic heterocycles. The Morgan fingerprint density at radius 1 is 0.920 bits per heavy atom. The molecule has 0 aliphatic heterocycles. The number of nitrogens with zero attached hydrogens (tertiary/aromatic N) is 1. The van der Waals surface area contributed by atoms with Crippen molar-refractivity contribution in [2.75, 3.05) is 21.3 Å². The van der Waals surface area contributed by atoms with Crippen LogP contribution in [0.1, 0.15) is 11.5 Å². The van der Waals surface area contributed by atoms with E-state index in [0.29, 0.717) is 28.2 Å². The van der Waals surface area contributed by atoms with Crippen LogP contribution in [-0.2, 0) is 0 Å². The third-order valence-electron chi connectivity index (χ3n) is 3.69. The lowest BCUT2D eigenvalue weighted by Gasteiger charge is -2.08. The van der Waals surface area contributed by atoms with Gasteiger partial charge in [-0.1, -0.05) is 18.2 Å². The van der Waals surface area contributed by atoms with Gasteiger partial charge in [-0.15, -0.1) is 0 Å². The Kier molecular flexibility index (Phi) is 4.70. The molecule has 1 heterocycles. The van der Waals surface area contributed by atoms with Gasteiger partial charge in [-0.2, -0.15) is 0 Å². The van der Waals surface area contributed by atoms with Gasteiger partial charge in [-0.05, 0) is 12.1 Å². The van der Waals surface area contributed by atoms with Gasteiger partial charge in [0.2, 0.25) is 5.89 Å². The molecule has 0 N–H and O–H groups in total. The molecule has 3 aromatic rings. The maximum Gasteiger partial charge on any atom is 0.347 e. The lowest BCUT2D eigenvalue weighted by molar-refractivity contribution is 0.355. The van der Waals surface area contributed by atoms with Crippen LogP contribution in [0.3, 0.4) is 0 Å². The van der Waals surface area contributed by atoms with Gasteiger partial charge in [-0.25, -0.2) is 9.78 Å². The summed E-state index contributed by atoms with van der Waals surface area (Å²) in [5.74, 6) is 1.85. The first-order valence-corrected chi connectivity index (χ1v) is 7.54. The van der Waals surface area contributed by atoms with E-state index in [1.54, 1.807) is 31.4 Å². The van der Waals surface area contributed by atoms with Crippen LogP contribution >= 0.6 is 0 Å². The van der Waals surface area contributed by atoms with Crippen LogP contribution in [0, 0.1) is 0 Å². The fraction of sp³-hybridized carbons (Fsp3) is 0.158. The Labute approximate surface area is 144 Å². The minimum Gasteiger partial charge on any atom is -0.496 e. The Balaban J connectivity index is 2.06.